The van der Waals surface area contributed by atoms with E-state index in [4.69, 9.17) is 0 Å². The third-order valence-electron chi connectivity index (χ3n) is 2.59. The van der Waals surface area contributed by atoms with Crippen molar-refractivity contribution in [1.29, 1.82) is 5.26 Å². The minimum Gasteiger partial charge on any atom is -0.354 e. The quantitative estimate of drug-likeness (QED) is 0.800. The van der Waals surface area contributed by atoms with Gasteiger partial charge in [0.05, 0.1) is 11.3 Å². The van der Waals surface area contributed by atoms with E-state index in [-0.39, 0.29) is 0 Å². The van der Waals surface area contributed by atoms with E-state index in [1.807, 2.05) is 43.3 Å². The molecular weight excluding hydrogens is 356 g/mol. The lowest BCUT2D eigenvalue weighted by atomic mass is 10.1. The highest BCUT2D eigenvalue weighted by atomic mass is 79.9. The van der Waals surface area contributed by atoms with Crippen LogP contribution >= 0.6 is 31.9 Å². The monoisotopic (exact) mass is 364 g/mol. The van der Waals surface area contributed by atoms with Crippen molar-refractivity contribution >= 4 is 43.2 Å². The molecule has 0 bridgehead atoms. The summed E-state index contributed by atoms with van der Waals surface area (Å²) in [5, 5.41) is 12.5. The van der Waals surface area contributed by atoms with Crippen molar-refractivity contribution in [2.75, 3.05) is 5.32 Å². The van der Waals surface area contributed by atoms with Gasteiger partial charge in [-0.05, 0) is 52.7 Å². The number of hydrogen-bond acceptors (Lipinski definition) is 2. The lowest BCUT2D eigenvalue weighted by Gasteiger charge is -2.12. The molecule has 0 heterocycles. The van der Waals surface area contributed by atoms with Crippen LogP contribution in [0.15, 0.2) is 45.3 Å². The second kappa shape index (κ2) is 5.55. The third kappa shape index (κ3) is 2.74. The molecule has 0 atom stereocenters. The first-order chi connectivity index (χ1) is 8.61. The Bertz CT molecular complexity index is 630. The molecule has 2 aromatic rings. The molecule has 0 fully saturated rings. The van der Waals surface area contributed by atoms with E-state index < -0.39 is 0 Å². The molecule has 18 heavy (non-hydrogen) atoms. The van der Waals surface area contributed by atoms with Gasteiger partial charge in [-0.3, -0.25) is 0 Å². The Morgan fingerprint density at radius 3 is 2.61 bits per heavy atom. The molecule has 0 spiro atoms. The standard InChI is InChI=1S/C14H10Br2N2/c1-9-5-6-10(15)7-14(9)18-13-4-2-3-12(16)11(13)8-17/h2-7,18H,1H3. The number of halogens is 2. The van der Waals surface area contributed by atoms with Crippen LogP contribution in [0.2, 0.25) is 0 Å². The van der Waals surface area contributed by atoms with E-state index in [1.165, 1.54) is 0 Å². The van der Waals surface area contributed by atoms with Crippen LogP contribution in [0.3, 0.4) is 0 Å². The molecule has 4 heteroatoms. The van der Waals surface area contributed by atoms with Gasteiger partial charge in [0, 0.05) is 14.6 Å². The van der Waals surface area contributed by atoms with Crippen LogP contribution in [0.1, 0.15) is 11.1 Å². The van der Waals surface area contributed by atoms with Crippen LogP contribution in [0, 0.1) is 18.3 Å². The Hall–Kier alpha value is -1.31. The van der Waals surface area contributed by atoms with Crippen LogP contribution in [-0.4, -0.2) is 0 Å². The van der Waals surface area contributed by atoms with Crippen LogP contribution in [0.4, 0.5) is 11.4 Å². The van der Waals surface area contributed by atoms with E-state index in [1.54, 1.807) is 0 Å². The van der Waals surface area contributed by atoms with Crippen molar-refractivity contribution < 1.29 is 0 Å². The van der Waals surface area contributed by atoms with Crippen molar-refractivity contribution in [2.24, 2.45) is 0 Å². The summed E-state index contributed by atoms with van der Waals surface area (Å²) in [6.07, 6.45) is 0. The predicted octanol–water partition coefficient (Wildman–Crippen LogP) is 5.14. The van der Waals surface area contributed by atoms with Crippen molar-refractivity contribution in [3.05, 3.63) is 56.5 Å². The average molecular weight is 366 g/mol. The van der Waals surface area contributed by atoms with Crippen molar-refractivity contribution in [1.82, 2.24) is 0 Å². The Morgan fingerprint density at radius 2 is 1.89 bits per heavy atom. The highest BCUT2D eigenvalue weighted by molar-refractivity contribution is 9.10. The number of nitrogens with zero attached hydrogens (tertiary/aromatic N) is 1. The second-order valence-electron chi connectivity index (χ2n) is 3.86. The fourth-order valence-electron chi connectivity index (χ4n) is 1.62. The first kappa shape index (κ1) is 13.1. The molecule has 0 unspecified atom stereocenters. The predicted molar refractivity (Wildman–Crippen MR) is 81.0 cm³/mol. The number of hydrogen-bond donors (Lipinski definition) is 1. The Balaban J connectivity index is 2.44. The van der Waals surface area contributed by atoms with Gasteiger partial charge in [0.15, 0.2) is 0 Å². The first-order valence-electron chi connectivity index (χ1n) is 5.33. The van der Waals surface area contributed by atoms with Gasteiger partial charge in [-0.2, -0.15) is 5.26 Å². The second-order valence-corrected chi connectivity index (χ2v) is 5.63. The largest absolute Gasteiger partial charge is 0.354 e. The molecule has 0 radical (unpaired) electrons. The van der Waals surface area contributed by atoms with Crippen LogP contribution in [0.25, 0.3) is 0 Å². The zero-order valence-corrected chi connectivity index (χ0v) is 12.8. The lowest BCUT2D eigenvalue weighted by Crippen LogP contribution is -1.96. The molecule has 0 aliphatic heterocycles. The number of anilines is 2. The van der Waals surface area contributed by atoms with Crippen LogP contribution in [-0.2, 0) is 0 Å². The number of nitrogens with one attached hydrogen (secondary N) is 1. The van der Waals surface area contributed by atoms with Crippen molar-refractivity contribution in [2.45, 2.75) is 6.92 Å². The van der Waals surface area contributed by atoms with E-state index >= 15 is 0 Å². The van der Waals surface area contributed by atoms with Gasteiger partial charge in [-0.15, -0.1) is 0 Å². The maximum atomic E-state index is 9.17. The van der Waals surface area contributed by atoms with Gasteiger partial charge in [-0.25, -0.2) is 0 Å². The van der Waals surface area contributed by atoms with Crippen molar-refractivity contribution in [3.8, 4) is 6.07 Å². The fourth-order valence-corrected chi connectivity index (χ4v) is 2.43. The Morgan fingerprint density at radius 1 is 1.11 bits per heavy atom. The smallest absolute Gasteiger partial charge is 0.103 e. The van der Waals surface area contributed by atoms with Gasteiger partial charge in [0.25, 0.3) is 0 Å². The highest BCUT2D eigenvalue weighted by Crippen LogP contribution is 2.29. The molecule has 0 aliphatic carbocycles. The number of rotatable bonds is 2. The normalized spacial score (nSPS) is 9.89. The Kier molecular flexibility index (Phi) is 4.05. The first-order valence-corrected chi connectivity index (χ1v) is 6.92. The summed E-state index contributed by atoms with van der Waals surface area (Å²) in [7, 11) is 0. The summed E-state index contributed by atoms with van der Waals surface area (Å²) >= 11 is 6.83. The summed E-state index contributed by atoms with van der Waals surface area (Å²) in [5.74, 6) is 0. The van der Waals surface area contributed by atoms with E-state index in [0.717, 1.165) is 25.9 Å². The molecule has 0 saturated heterocycles. The van der Waals surface area contributed by atoms with E-state index in [9.17, 15) is 5.26 Å². The summed E-state index contributed by atoms with van der Waals surface area (Å²) in [5.41, 5.74) is 3.52. The SMILES string of the molecule is Cc1ccc(Br)cc1Nc1cccc(Br)c1C#N. The van der Waals surface area contributed by atoms with E-state index in [0.29, 0.717) is 5.56 Å². The average Bonchev–Trinajstić information content (AvgIpc) is 2.34. The molecule has 0 aromatic heterocycles. The molecule has 0 amide bonds. The van der Waals surface area contributed by atoms with Gasteiger partial charge in [0.1, 0.15) is 6.07 Å². The molecule has 90 valence electrons. The van der Waals surface area contributed by atoms with Gasteiger partial charge >= 0.3 is 0 Å². The molecule has 1 N–H and O–H groups in total. The number of aryl methyl sites for hydroxylation is 1. The zero-order chi connectivity index (χ0) is 13.1. The van der Waals surface area contributed by atoms with Gasteiger partial charge in [-0.1, -0.05) is 28.1 Å². The van der Waals surface area contributed by atoms with E-state index in [2.05, 4.69) is 43.2 Å². The topological polar surface area (TPSA) is 35.8 Å². The molecule has 0 aliphatic rings. The summed E-state index contributed by atoms with van der Waals surface area (Å²) in [6, 6.07) is 13.9. The summed E-state index contributed by atoms with van der Waals surface area (Å²) in [4.78, 5) is 0. The molecule has 2 aromatic carbocycles. The Labute approximate surface area is 123 Å². The van der Waals surface area contributed by atoms with Gasteiger partial charge < -0.3 is 5.32 Å². The molecule has 2 nitrogen and oxygen atoms in total. The summed E-state index contributed by atoms with van der Waals surface area (Å²) in [6.45, 7) is 2.03. The molecule has 0 saturated carbocycles. The number of benzene rings is 2. The third-order valence-corrected chi connectivity index (χ3v) is 3.75. The van der Waals surface area contributed by atoms with Crippen LogP contribution < -0.4 is 5.32 Å². The minimum absolute atomic E-state index is 0.608. The summed E-state index contributed by atoms with van der Waals surface area (Å²) < 4.78 is 1.80. The number of nitriles is 1. The highest BCUT2D eigenvalue weighted by Gasteiger charge is 2.07. The zero-order valence-electron chi connectivity index (χ0n) is 9.67. The molecule has 2 rings (SSSR count). The maximum Gasteiger partial charge on any atom is 0.103 e. The molecular formula is C14H10Br2N2. The van der Waals surface area contributed by atoms with Gasteiger partial charge in [0.2, 0.25) is 0 Å². The van der Waals surface area contributed by atoms with Crippen LogP contribution in [0.5, 0.6) is 0 Å². The van der Waals surface area contributed by atoms with Crippen molar-refractivity contribution in [3.63, 3.8) is 0 Å². The lowest BCUT2D eigenvalue weighted by molar-refractivity contribution is 1.40. The fraction of sp³-hybridized carbons (Fsp3) is 0.0714. The maximum absolute atomic E-state index is 9.17. The minimum atomic E-state index is 0.608.